The van der Waals surface area contributed by atoms with E-state index in [1.807, 2.05) is 6.07 Å². The number of nitrogens with zero attached hydrogens (tertiary/aromatic N) is 1. The van der Waals surface area contributed by atoms with Gasteiger partial charge in [-0.1, -0.05) is 35.0 Å². The summed E-state index contributed by atoms with van der Waals surface area (Å²) < 4.78 is 10.9. The number of hydrogen-bond donors (Lipinski definition) is 3. The Morgan fingerprint density at radius 3 is 2.52 bits per heavy atom. The van der Waals surface area contributed by atoms with Crippen LogP contribution in [-0.4, -0.2) is 30.1 Å². The summed E-state index contributed by atoms with van der Waals surface area (Å²) in [7, 11) is 0. The van der Waals surface area contributed by atoms with Gasteiger partial charge in [0, 0.05) is 29.9 Å². The van der Waals surface area contributed by atoms with E-state index in [0.29, 0.717) is 52.1 Å². The first-order valence-corrected chi connectivity index (χ1v) is 10.6. The van der Waals surface area contributed by atoms with Crippen molar-refractivity contribution in [3.63, 3.8) is 0 Å². The van der Waals surface area contributed by atoms with Crippen LogP contribution in [0.4, 0.5) is 5.69 Å². The molecule has 8 nitrogen and oxygen atoms in total. The highest BCUT2D eigenvalue weighted by Crippen LogP contribution is 2.31. The van der Waals surface area contributed by atoms with E-state index in [2.05, 4.69) is 15.8 Å². The predicted molar refractivity (Wildman–Crippen MR) is 125 cm³/mol. The highest BCUT2D eigenvalue weighted by molar-refractivity contribution is 6.33. The summed E-state index contributed by atoms with van der Waals surface area (Å²) in [5, 5.41) is 10.0. The van der Waals surface area contributed by atoms with E-state index in [0.717, 1.165) is 5.56 Å². The third-order valence-corrected chi connectivity index (χ3v) is 5.24. The van der Waals surface area contributed by atoms with Crippen LogP contribution in [0.15, 0.2) is 69.6 Å². The van der Waals surface area contributed by atoms with Gasteiger partial charge in [0.05, 0.1) is 5.02 Å². The molecule has 0 aliphatic heterocycles. The number of furan rings is 1. The van der Waals surface area contributed by atoms with E-state index in [1.165, 1.54) is 0 Å². The van der Waals surface area contributed by atoms with Gasteiger partial charge in [-0.25, -0.2) is 0 Å². The number of aryl methyl sites for hydroxylation is 1. The number of halogens is 1. The second kappa shape index (κ2) is 9.72. The number of amides is 2. The number of carbonyl (C=O) groups excluding carboxylic acids is 2. The molecular weight excluding hydrogens is 444 g/mol. The van der Waals surface area contributed by atoms with Crippen LogP contribution in [0.1, 0.15) is 26.7 Å². The lowest BCUT2D eigenvalue weighted by atomic mass is 10.1. The molecule has 0 spiro atoms. The number of nitrogens with one attached hydrogen (secondary N) is 2. The second-order valence-corrected chi connectivity index (χ2v) is 7.59. The number of carbonyl (C=O) groups is 2. The molecule has 0 saturated heterocycles. The Balaban J connectivity index is 1.50. The van der Waals surface area contributed by atoms with E-state index < -0.39 is 0 Å². The van der Waals surface area contributed by atoms with Crippen molar-refractivity contribution >= 4 is 29.1 Å². The number of rotatable bonds is 7. The fraction of sp³-hybridized carbons (Fsp3) is 0.125. The lowest BCUT2D eigenvalue weighted by molar-refractivity contribution is 0.0927. The van der Waals surface area contributed by atoms with Crippen molar-refractivity contribution in [3.8, 4) is 22.6 Å². The summed E-state index contributed by atoms with van der Waals surface area (Å²) in [5.41, 5.74) is 8.02. The molecule has 2 aromatic heterocycles. The summed E-state index contributed by atoms with van der Waals surface area (Å²) in [6.07, 6.45) is 0. The molecule has 4 aromatic rings. The van der Waals surface area contributed by atoms with Crippen LogP contribution < -0.4 is 16.4 Å². The molecule has 0 saturated carbocycles. The Labute approximate surface area is 194 Å². The molecule has 0 bridgehead atoms. The van der Waals surface area contributed by atoms with Gasteiger partial charge < -0.3 is 25.3 Å². The van der Waals surface area contributed by atoms with Crippen molar-refractivity contribution in [2.75, 3.05) is 18.4 Å². The molecule has 0 aliphatic rings. The molecule has 0 unspecified atom stereocenters. The monoisotopic (exact) mass is 464 g/mol. The zero-order valence-electron chi connectivity index (χ0n) is 17.7. The van der Waals surface area contributed by atoms with E-state index in [4.69, 9.17) is 26.3 Å². The fourth-order valence-corrected chi connectivity index (χ4v) is 3.50. The van der Waals surface area contributed by atoms with Gasteiger partial charge in [-0.2, -0.15) is 0 Å². The zero-order chi connectivity index (χ0) is 23.4. The first-order valence-electron chi connectivity index (χ1n) is 10.2. The number of anilines is 1. The van der Waals surface area contributed by atoms with Gasteiger partial charge in [0.25, 0.3) is 11.8 Å². The van der Waals surface area contributed by atoms with Gasteiger partial charge in [-0.15, -0.1) is 0 Å². The lowest BCUT2D eigenvalue weighted by Gasteiger charge is -2.07. The molecule has 2 aromatic carbocycles. The van der Waals surface area contributed by atoms with Crippen LogP contribution in [-0.2, 0) is 0 Å². The molecule has 9 heteroatoms. The van der Waals surface area contributed by atoms with Crippen LogP contribution in [0, 0.1) is 6.92 Å². The van der Waals surface area contributed by atoms with Gasteiger partial charge in [0.1, 0.15) is 22.8 Å². The molecule has 0 fully saturated rings. The van der Waals surface area contributed by atoms with Crippen LogP contribution in [0.25, 0.3) is 22.6 Å². The molecule has 2 heterocycles. The molecule has 168 valence electrons. The predicted octanol–water partition coefficient (Wildman–Crippen LogP) is 4.50. The number of aromatic nitrogens is 1. The minimum atomic E-state index is -0.367. The number of hydrogen-bond acceptors (Lipinski definition) is 6. The van der Waals surface area contributed by atoms with Crippen molar-refractivity contribution in [1.29, 1.82) is 0 Å². The van der Waals surface area contributed by atoms with Gasteiger partial charge >= 0.3 is 0 Å². The third-order valence-electron chi connectivity index (χ3n) is 4.91. The van der Waals surface area contributed by atoms with E-state index in [1.54, 1.807) is 61.5 Å². The van der Waals surface area contributed by atoms with Crippen molar-refractivity contribution < 1.29 is 18.5 Å². The third kappa shape index (κ3) is 4.82. The average Bonchev–Trinajstić information content (AvgIpc) is 3.45. The molecule has 0 aliphatic carbocycles. The standard InChI is InChI=1S/C24H21ClN4O4/c1-14-21(22(29-33-14)17-4-2-3-5-18(17)25)24(31)28-16-8-6-15(7-9-16)19-10-11-20(32-19)23(30)27-13-12-26/h2-11H,12-13,26H2,1H3,(H,27,30)(H,28,31). The number of nitrogens with two attached hydrogens (primary N) is 1. The number of benzene rings is 2. The maximum Gasteiger partial charge on any atom is 0.287 e. The maximum atomic E-state index is 13.0. The quantitative estimate of drug-likeness (QED) is 0.370. The Morgan fingerprint density at radius 1 is 1.03 bits per heavy atom. The largest absolute Gasteiger partial charge is 0.451 e. The minimum absolute atomic E-state index is 0.200. The first kappa shape index (κ1) is 22.3. The molecule has 2 amide bonds. The Morgan fingerprint density at radius 2 is 1.79 bits per heavy atom. The smallest absolute Gasteiger partial charge is 0.287 e. The highest BCUT2D eigenvalue weighted by atomic mass is 35.5. The maximum absolute atomic E-state index is 13.0. The normalized spacial score (nSPS) is 10.8. The van der Waals surface area contributed by atoms with Crippen LogP contribution in [0.2, 0.25) is 5.02 Å². The molecular formula is C24H21ClN4O4. The van der Waals surface area contributed by atoms with Crippen LogP contribution in [0.5, 0.6) is 0 Å². The fourth-order valence-electron chi connectivity index (χ4n) is 3.28. The van der Waals surface area contributed by atoms with Crippen molar-refractivity contribution in [2.24, 2.45) is 5.73 Å². The van der Waals surface area contributed by atoms with Crippen molar-refractivity contribution in [3.05, 3.63) is 82.8 Å². The molecule has 4 N–H and O–H groups in total. The second-order valence-electron chi connectivity index (χ2n) is 7.18. The summed E-state index contributed by atoms with van der Waals surface area (Å²) in [5.74, 6) is 0.421. The van der Waals surface area contributed by atoms with Crippen LogP contribution in [0.3, 0.4) is 0 Å². The van der Waals surface area contributed by atoms with E-state index in [-0.39, 0.29) is 17.6 Å². The molecule has 0 atom stereocenters. The van der Waals surface area contributed by atoms with E-state index in [9.17, 15) is 9.59 Å². The summed E-state index contributed by atoms with van der Waals surface area (Å²) in [6.45, 7) is 2.39. The van der Waals surface area contributed by atoms with Crippen molar-refractivity contribution in [2.45, 2.75) is 6.92 Å². The Bertz CT molecular complexity index is 1290. The summed E-state index contributed by atoms with van der Waals surface area (Å²) >= 11 is 6.27. The molecule has 33 heavy (non-hydrogen) atoms. The lowest BCUT2D eigenvalue weighted by Crippen LogP contribution is -2.28. The zero-order valence-corrected chi connectivity index (χ0v) is 18.5. The first-order chi connectivity index (χ1) is 16.0. The Hall–Kier alpha value is -3.88. The van der Waals surface area contributed by atoms with Gasteiger partial charge in [-0.3, -0.25) is 9.59 Å². The SMILES string of the molecule is Cc1onc(-c2ccccc2Cl)c1C(=O)Nc1ccc(-c2ccc(C(=O)NCCN)o2)cc1. The summed E-state index contributed by atoms with van der Waals surface area (Å²) in [4.78, 5) is 25.0. The highest BCUT2D eigenvalue weighted by Gasteiger charge is 2.23. The molecule has 0 radical (unpaired) electrons. The minimum Gasteiger partial charge on any atom is -0.451 e. The molecule has 4 rings (SSSR count). The van der Waals surface area contributed by atoms with Gasteiger partial charge in [0.2, 0.25) is 0 Å². The Kier molecular flexibility index (Phi) is 6.58. The van der Waals surface area contributed by atoms with Gasteiger partial charge in [-0.05, 0) is 49.4 Å². The summed E-state index contributed by atoms with van der Waals surface area (Å²) in [6, 6.07) is 17.5. The topological polar surface area (TPSA) is 123 Å². The van der Waals surface area contributed by atoms with E-state index >= 15 is 0 Å². The van der Waals surface area contributed by atoms with Crippen LogP contribution >= 0.6 is 11.6 Å². The average molecular weight is 465 g/mol. The van der Waals surface area contributed by atoms with Gasteiger partial charge in [0.15, 0.2) is 5.76 Å². The van der Waals surface area contributed by atoms with Crippen molar-refractivity contribution in [1.82, 2.24) is 10.5 Å².